The fraction of sp³-hybridized carbons (Fsp3) is 0.455. The second-order valence-corrected chi connectivity index (χ2v) is 8.33. The van der Waals surface area contributed by atoms with Gasteiger partial charge in [0.15, 0.2) is 0 Å². The van der Waals surface area contributed by atoms with Gasteiger partial charge in [0.05, 0.1) is 6.61 Å². The molecule has 2 aliphatic heterocycles. The van der Waals surface area contributed by atoms with Crippen LogP contribution in [0.2, 0.25) is 5.02 Å². The Labute approximate surface area is 174 Å². The average molecular weight is 422 g/mol. The summed E-state index contributed by atoms with van der Waals surface area (Å²) in [4.78, 5) is 2.19. The SMILES string of the molecule is OCc1ccc(F)cc1OC[C@@H](O)CN1CCC2(CC1)Cc1cc(Cl)ccc1O2. The van der Waals surface area contributed by atoms with E-state index in [-0.39, 0.29) is 24.6 Å². The molecule has 1 atom stereocenters. The number of likely N-dealkylation sites (tertiary alicyclic amines) is 1. The molecule has 0 saturated carbocycles. The lowest BCUT2D eigenvalue weighted by molar-refractivity contribution is -0.00209. The molecule has 0 bridgehead atoms. The van der Waals surface area contributed by atoms with Crippen LogP contribution in [0.3, 0.4) is 0 Å². The highest BCUT2D eigenvalue weighted by molar-refractivity contribution is 6.30. The van der Waals surface area contributed by atoms with E-state index in [4.69, 9.17) is 21.1 Å². The summed E-state index contributed by atoms with van der Waals surface area (Å²) in [5.41, 5.74) is 1.48. The molecule has 2 N–H and O–H groups in total. The zero-order valence-electron chi connectivity index (χ0n) is 16.1. The van der Waals surface area contributed by atoms with Crippen molar-refractivity contribution < 1.29 is 24.1 Å². The number of aliphatic hydroxyl groups is 2. The number of piperidine rings is 1. The first-order chi connectivity index (χ1) is 14.0. The summed E-state index contributed by atoms with van der Waals surface area (Å²) in [6.07, 6.45) is 1.92. The van der Waals surface area contributed by atoms with E-state index in [0.29, 0.717) is 12.1 Å². The van der Waals surface area contributed by atoms with Crippen LogP contribution in [0.15, 0.2) is 36.4 Å². The minimum Gasteiger partial charge on any atom is -0.490 e. The van der Waals surface area contributed by atoms with E-state index in [2.05, 4.69) is 4.90 Å². The molecule has 0 amide bonds. The Hall–Kier alpha value is -1.86. The number of aliphatic hydroxyl groups excluding tert-OH is 2. The van der Waals surface area contributed by atoms with Gasteiger partial charge in [-0.2, -0.15) is 0 Å². The lowest BCUT2D eigenvalue weighted by Crippen LogP contribution is -2.49. The summed E-state index contributed by atoms with van der Waals surface area (Å²) in [6, 6.07) is 9.75. The molecule has 2 aliphatic rings. The van der Waals surface area contributed by atoms with Gasteiger partial charge in [0, 0.05) is 55.5 Å². The largest absolute Gasteiger partial charge is 0.490 e. The van der Waals surface area contributed by atoms with Crippen molar-refractivity contribution in [3.8, 4) is 11.5 Å². The lowest BCUT2D eigenvalue weighted by Gasteiger charge is -2.39. The molecule has 7 heteroatoms. The highest BCUT2D eigenvalue weighted by Gasteiger charge is 2.42. The Bertz CT molecular complexity index is 870. The van der Waals surface area contributed by atoms with Gasteiger partial charge in [-0.05, 0) is 29.8 Å². The molecule has 29 heavy (non-hydrogen) atoms. The molecule has 4 rings (SSSR count). The molecule has 0 radical (unpaired) electrons. The molecule has 0 unspecified atom stereocenters. The van der Waals surface area contributed by atoms with Gasteiger partial charge in [0.25, 0.3) is 0 Å². The van der Waals surface area contributed by atoms with E-state index in [9.17, 15) is 14.6 Å². The molecular formula is C22H25ClFNO4. The number of benzene rings is 2. The van der Waals surface area contributed by atoms with E-state index in [1.807, 2.05) is 18.2 Å². The highest BCUT2D eigenvalue weighted by Crippen LogP contribution is 2.41. The monoisotopic (exact) mass is 421 g/mol. The molecular weight excluding hydrogens is 397 g/mol. The number of hydrogen-bond acceptors (Lipinski definition) is 5. The molecule has 1 saturated heterocycles. The van der Waals surface area contributed by atoms with Crippen LogP contribution in [0, 0.1) is 5.82 Å². The summed E-state index contributed by atoms with van der Waals surface area (Å²) in [7, 11) is 0. The average Bonchev–Trinajstić information content (AvgIpc) is 3.05. The first-order valence-corrected chi connectivity index (χ1v) is 10.2. The predicted octanol–water partition coefficient (Wildman–Crippen LogP) is 3.18. The molecule has 1 spiro atoms. The van der Waals surface area contributed by atoms with Crippen molar-refractivity contribution in [2.45, 2.75) is 37.6 Å². The smallest absolute Gasteiger partial charge is 0.127 e. The molecule has 5 nitrogen and oxygen atoms in total. The van der Waals surface area contributed by atoms with E-state index in [0.717, 1.165) is 48.7 Å². The van der Waals surface area contributed by atoms with E-state index in [1.54, 1.807) is 0 Å². The summed E-state index contributed by atoms with van der Waals surface area (Å²) >= 11 is 6.09. The number of rotatable bonds is 6. The van der Waals surface area contributed by atoms with Gasteiger partial charge in [-0.15, -0.1) is 0 Å². The van der Waals surface area contributed by atoms with Gasteiger partial charge in [0.2, 0.25) is 0 Å². The van der Waals surface area contributed by atoms with Crippen LogP contribution < -0.4 is 9.47 Å². The third-order valence-corrected chi connectivity index (χ3v) is 5.96. The second kappa shape index (κ2) is 8.48. The molecule has 0 aliphatic carbocycles. The summed E-state index contributed by atoms with van der Waals surface area (Å²) in [6.45, 7) is 1.91. The van der Waals surface area contributed by atoms with Crippen LogP contribution in [-0.4, -0.2) is 53.1 Å². The Morgan fingerprint density at radius 2 is 2.00 bits per heavy atom. The number of ether oxygens (including phenoxy) is 2. The Kier molecular flexibility index (Phi) is 5.97. The quantitative estimate of drug-likeness (QED) is 0.750. The molecule has 2 aromatic rings. The van der Waals surface area contributed by atoms with Crippen molar-refractivity contribution in [2.24, 2.45) is 0 Å². The van der Waals surface area contributed by atoms with Crippen molar-refractivity contribution >= 4 is 11.6 Å². The maximum Gasteiger partial charge on any atom is 0.127 e. The van der Waals surface area contributed by atoms with Crippen LogP contribution in [0.1, 0.15) is 24.0 Å². The topological polar surface area (TPSA) is 62.2 Å². The first kappa shape index (κ1) is 20.4. The predicted molar refractivity (Wildman–Crippen MR) is 108 cm³/mol. The van der Waals surface area contributed by atoms with Gasteiger partial charge in [-0.25, -0.2) is 4.39 Å². The molecule has 2 heterocycles. The fourth-order valence-corrected chi connectivity index (χ4v) is 4.35. The fourth-order valence-electron chi connectivity index (χ4n) is 4.15. The summed E-state index contributed by atoms with van der Waals surface area (Å²) in [5.74, 6) is 0.748. The van der Waals surface area contributed by atoms with Crippen molar-refractivity contribution in [3.63, 3.8) is 0 Å². The molecule has 156 valence electrons. The van der Waals surface area contributed by atoms with E-state index >= 15 is 0 Å². The van der Waals surface area contributed by atoms with Gasteiger partial charge >= 0.3 is 0 Å². The Morgan fingerprint density at radius 3 is 2.76 bits per heavy atom. The second-order valence-electron chi connectivity index (χ2n) is 7.89. The maximum absolute atomic E-state index is 13.4. The van der Waals surface area contributed by atoms with Crippen LogP contribution in [0.25, 0.3) is 0 Å². The third-order valence-electron chi connectivity index (χ3n) is 5.73. The standard InChI is InChI=1S/C22H25ClFNO4/c23-17-2-4-20-16(9-17)11-22(29-20)5-7-25(8-6-22)12-19(27)14-28-21-10-18(24)3-1-15(21)13-26/h1-4,9-10,19,26-27H,5-8,11-14H2/t19-/m0/s1. The lowest BCUT2D eigenvalue weighted by atomic mass is 9.87. The van der Waals surface area contributed by atoms with Crippen molar-refractivity contribution in [2.75, 3.05) is 26.2 Å². The van der Waals surface area contributed by atoms with Gasteiger partial charge in [-0.1, -0.05) is 17.7 Å². The van der Waals surface area contributed by atoms with E-state index < -0.39 is 11.9 Å². The van der Waals surface area contributed by atoms with Gasteiger partial charge < -0.3 is 24.6 Å². The minimum atomic E-state index is -0.709. The number of hydrogen-bond donors (Lipinski definition) is 2. The number of nitrogens with zero attached hydrogens (tertiary/aromatic N) is 1. The molecule has 1 fully saturated rings. The van der Waals surface area contributed by atoms with Crippen LogP contribution in [-0.2, 0) is 13.0 Å². The molecule has 0 aromatic heterocycles. The Morgan fingerprint density at radius 1 is 1.21 bits per heavy atom. The van der Waals surface area contributed by atoms with Crippen molar-refractivity contribution in [1.82, 2.24) is 4.90 Å². The minimum absolute atomic E-state index is 0.0402. The summed E-state index contributed by atoms with van der Waals surface area (Å²) in [5, 5.41) is 20.4. The number of halogens is 2. The number of fused-ring (bicyclic) bond motifs is 1. The maximum atomic E-state index is 13.4. The van der Waals surface area contributed by atoms with Crippen molar-refractivity contribution in [1.29, 1.82) is 0 Å². The zero-order valence-corrected chi connectivity index (χ0v) is 16.9. The van der Waals surface area contributed by atoms with Gasteiger partial charge in [-0.3, -0.25) is 0 Å². The highest BCUT2D eigenvalue weighted by atomic mass is 35.5. The normalized spacial score (nSPS) is 19.0. The first-order valence-electron chi connectivity index (χ1n) is 9.86. The third kappa shape index (κ3) is 4.67. The van der Waals surface area contributed by atoms with Crippen LogP contribution >= 0.6 is 11.6 Å². The van der Waals surface area contributed by atoms with Crippen LogP contribution in [0.4, 0.5) is 4.39 Å². The van der Waals surface area contributed by atoms with Crippen molar-refractivity contribution in [3.05, 3.63) is 58.4 Å². The number of β-amino-alcohol motifs (C(OH)–C–C–N with tert-alkyl or cyclic N) is 1. The Balaban J connectivity index is 1.26. The zero-order chi connectivity index (χ0) is 20.4. The summed E-state index contributed by atoms with van der Waals surface area (Å²) < 4.78 is 25.2. The van der Waals surface area contributed by atoms with E-state index in [1.165, 1.54) is 18.2 Å². The van der Waals surface area contributed by atoms with Gasteiger partial charge in [0.1, 0.15) is 35.6 Å². The van der Waals surface area contributed by atoms with Crippen LogP contribution in [0.5, 0.6) is 11.5 Å². The molecule has 2 aromatic carbocycles.